The Morgan fingerprint density at radius 2 is 1.97 bits per heavy atom. The van der Waals surface area contributed by atoms with Crippen LogP contribution in [0.4, 0.5) is 10.5 Å². The summed E-state index contributed by atoms with van der Waals surface area (Å²) in [5, 5.41) is 8.77. The Morgan fingerprint density at radius 3 is 2.71 bits per heavy atom. The van der Waals surface area contributed by atoms with Crippen molar-refractivity contribution in [2.75, 3.05) is 25.6 Å². The molecule has 0 bridgehead atoms. The molecule has 0 fully saturated rings. The van der Waals surface area contributed by atoms with Gasteiger partial charge in [0.1, 0.15) is 10.7 Å². The van der Waals surface area contributed by atoms with Crippen LogP contribution in [0.3, 0.4) is 0 Å². The topological polar surface area (TPSA) is 83.6 Å². The number of amides is 3. The first-order chi connectivity index (χ1) is 16.4. The average molecular weight is 501 g/mol. The number of nitrogens with zero attached hydrogens (tertiary/aromatic N) is 2. The van der Waals surface area contributed by atoms with E-state index < -0.39 is 0 Å². The SMILES string of the molecule is COCCN(Cc1nc(C(=O)NC(C)CCc2ccccc2)cs1)C(=O)Nc1cccc(Cl)c1. The van der Waals surface area contributed by atoms with Gasteiger partial charge in [0, 0.05) is 35.8 Å². The van der Waals surface area contributed by atoms with Crippen LogP contribution < -0.4 is 10.6 Å². The second kappa shape index (κ2) is 13.1. The van der Waals surface area contributed by atoms with Crippen molar-refractivity contribution in [1.82, 2.24) is 15.2 Å². The summed E-state index contributed by atoms with van der Waals surface area (Å²) >= 11 is 7.36. The van der Waals surface area contributed by atoms with Crippen molar-refractivity contribution in [3.8, 4) is 0 Å². The van der Waals surface area contributed by atoms with Gasteiger partial charge < -0.3 is 20.3 Å². The van der Waals surface area contributed by atoms with E-state index in [0.29, 0.717) is 34.6 Å². The Bertz CT molecular complexity index is 1080. The number of methoxy groups -OCH3 is 1. The summed E-state index contributed by atoms with van der Waals surface area (Å²) in [5.74, 6) is -0.213. The summed E-state index contributed by atoms with van der Waals surface area (Å²) in [6.45, 7) is 3.00. The van der Waals surface area contributed by atoms with E-state index in [9.17, 15) is 9.59 Å². The molecule has 2 N–H and O–H groups in total. The van der Waals surface area contributed by atoms with Crippen molar-refractivity contribution in [2.45, 2.75) is 32.4 Å². The first-order valence-corrected chi connectivity index (χ1v) is 12.3. The molecule has 3 aromatic rings. The van der Waals surface area contributed by atoms with Gasteiger partial charge in [0.05, 0.1) is 13.2 Å². The van der Waals surface area contributed by atoms with Crippen LogP contribution in [0.2, 0.25) is 5.02 Å². The number of hydrogen-bond acceptors (Lipinski definition) is 5. The number of urea groups is 1. The van der Waals surface area contributed by atoms with Crippen molar-refractivity contribution in [1.29, 1.82) is 0 Å². The van der Waals surface area contributed by atoms with Crippen LogP contribution in [-0.2, 0) is 17.7 Å². The molecule has 0 saturated heterocycles. The van der Waals surface area contributed by atoms with Gasteiger partial charge in [-0.05, 0) is 43.5 Å². The number of carbonyl (C=O) groups is 2. The third-order valence-electron chi connectivity index (χ3n) is 5.13. The van der Waals surface area contributed by atoms with Gasteiger partial charge in [-0.15, -0.1) is 11.3 Å². The number of rotatable bonds is 11. The van der Waals surface area contributed by atoms with Crippen LogP contribution in [0.5, 0.6) is 0 Å². The largest absolute Gasteiger partial charge is 0.383 e. The molecule has 0 saturated carbocycles. The molecule has 1 heterocycles. The number of halogens is 1. The maximum atomic E-state index is 12.8. The molecule has 0 spiro atoms. The highest BCUT2D eigenvalue weighted by Gasteiger charge is 2.18. The molecule has 9 heteroatoms. The summed E-state index contributed by atoms with van der Waals surface area (Å²) < 4.78 is 5.15. The highest BCUT2D eigenvalue weighted by atomic mass is 35.5. The normalized spacial score (nSPS) is 11.6. The van der Waals surface area contributed by atoms with Crippen LogP contribution in [0.25, 0.3) is 0 Å². The summed E-state index contributed by atoms with van der Waals surface area (Å²) in [5.41, 5.74) is 2.20. The molecule has 0 radical (unpaired) electrons. The highest BCUT2D eigenvalue weighted by molar-refractivity contribution is 7.09. The fraction of sp³-hybridized carbons (Fsp3) is 0.320. The highest BCUT2D eigenvalue weighted by Crippen LogP contribution is 2.17. The van der Waals surface area contributed by atoms with E-state index in [0.717, 1.165) is 12.8 Å². The van der Waals surface area contributed by atoms with Gasteiger partial charge in [-0.3, -0.25) is 4.79 Å². The molecule has 34 heavy (non-hydrogen) atoms. The van der Waals surface area contributed by atoms with Gasteiger partial charge in [-0.25, -0.2) is 9.78 Å². The van der Waals surface area contributed by atoms with Gasteiger partial charge in [-0.1, -0.05) is 48.0 Å². The number of hydrogen-bond donors (Lipinski definition) is 2. The quantitative estimate of drug-likeness (QED) is 0.377. The predicted octanol–water partition coefficient (Wildman–Crippen LogP) is 5.23. The maximum absolute atomic E-state index is 12.8. The number of benzene rings is 2. The summed E-state index contributed by atoms with van der Waals surface area (Å²) in [4.78, 5) is 31.5. The van der Waals surface area contributed by atoms with Gasteiger partial charge in [0.15, 0.2) is 0 Å². The van der Waals surface area contributed by atoms with Crippen LogP contribution in [0.15, 0.2) is 60.0 Å². The number of anilines is 1. The minimum absolute atomic E-state index is 0.0135. The van der Waals surface area contributed by atoms with Crippen molar-refractivity contribution < 1.29 is 14.3 Å². The zero-order valence-electron chi connectivity index (χ0n) is 19.3. The fourth-order valence-electron chi connectivity index (χ4n) is 3.27. The summed E-state index contributed by atoms with van der Waals surface area (Å²) in [7, 11) is 1.58. The lowest BCUT2D eigenvalue weighted by molar-refractivity contribution is 0.0933. The number of aromatic nitrogens is 1. The minimum atomic E-state index is -0.296. The molecule has 1 atom stereocenters. The number of ether oxygens (including phenoxy) is 1. The number of thiazole rings is 1. The fourth-order valence-corrected chi connectivity index (χ4v) is 4.25. The monoisotopic (exact) mass is 500 g/mol. The molecular formula is C25H29ClN4O3S. The molecule has 2 aromatic carbocycles. The molecule has 0 aliphatic rings. The van der Waals surface area contributed by atoms with Gasteiger partial charge >= 0.3 is 6.03 Å². The lowest BCUT2D eigenvalue weighted by atomic mass is 10.1. The molecule has 7 nitrogen and oxygen atoms in total. The van der Waals surface area contributed by atoms with Gasteiger partial charge in [-0.2, -0.15) is 0 Å². The van der Waals surface area contributed by atoms with E-state index in [-0.39, 0.29) is 24.5 Å². The third kappa shape index (κ3) is 8.13. The predicted molar refractivity (Wildman–Crippen MR) is 137 cm³/mol. The zero-order valence-corrected chi connectivity index (χ0v) is 20.9. The van der Waals surface area contributed by atoms with Gasteiger partial charge in [0.25, 0.3) is 5.91 Å². The van der Waals surface area contributed by atoms with E-state index in [1.807, 2.05) is 25.1 Å². The molecule has 3 amide bonds. The first-order valence-electron chi connectivity index (χ1n) is 11.0. The van der Waals surface area contributed by atoms with Crippen LogP contribution in [-0.4, -0.2) is 48.1 Å². The Morgan fingerprint density at radius 1 is 1.18 bits per heavy atom. The lowest BCUT2D eigenvalue weighted by Crippen LogP contribution is -2.37. The summed E-state index contributed by atoms with van der Waals surface area (Å²) in [6, 6.07) is 16.9. The lowest BCUT2D eigenvalue weighted by Gasteiger charge is -2.22. The standard InChI is InChI=1S/C25H29ClN4O3S/c1-18(11-12-19-7-4-3-5-8-19)27-24(31)22-17-34-23(29-22)16-30(13-14-33-2)25(32)28-21-10-6-9-20(26)15-21/h3-10,15,17-18H,11-14,16H2,1-2H3,(H,27,31)(H,28,32). The van der Waals surface area contributed by atoms with E-state index in [4.69, 9.17) is 16.3 Å². The number of aryl methyl sites for hydroxylation is 1. The zero-order chi connectivity index (χ0) is 24.3. The van der Waals surface area contributed by atoms with Gasteiger partial charge in [0.2, 0.25) is 0 Å². The van der Waals surface area contributed by atoms with E-state index in [1.165, 1.54) is 16.9 Å². The molecule has 3 rings (SSSR count). The van der Waals surface area contributed by atoms with Crippen LogP contribution in [0, 0.1) is 0 Å². The second-order valence-electron chi connectivity index (χ2n) is 7.88. The van der Waals surface area contributed by atoms with Crippen molar-refractivity contribution in [2.24, 2.45) is 0 Å². The molecule has 0 aliphatic carbocycles. The average Bonchev–Trinajstić information content (AvgIpc) is 3.30. The molecule has 0 aliphatic heterocycles. The summed E-state index contributed by atoms with van der Waals surface area (Å²) in [6.07, 6.45) is 1.72. The Balaban J connectivity index is 1.56. The molecule has 180 valence electrons. The molecular weight excluding hydrogens is 472 g/mol. The Labute approximate surface area is 209 Å². The molecule has 1 aromatic heterocycles. The van der Waals surface area contributed by atoms with Crippen molar-refractivity contribution >= 4 is 40.6 Å². The Hall–Kier alpha value is -2.94. The molecule has 1 unspecified atom stereocenters. The van der Waals surface area contributed by atoms with E-state index in [1.54, 1.807) is 41.7 Å². The van der Waals surface area contributed by atoms with Crippen LogP contribution in [0.1, 0.15) is 34.4 Å². The minimum Gasteiger partial charge on any atom is -0.383 e. The maximum Gasteiger partial charge on any atom is 0.322 e. The first kappa shape index (κ1) is 25.7. The second-order valence-corrected chi connectivity index (χ2v) is 9.26. The number of carbonyl (C=O) groups excluding carboxylic acids is 2. The van der Waals surface area contributed by atoms with E-state index >= 15 is 0 Å². The number of nitrogens with one attached hydrogen (secondary N) is 2. The smallest absolute Gasteiger partial charge is 0.322 e. The Kier molecular flexibility index (Phi) is 9.88. The van der Waals surface area contributed by atoms with Crippen LogP contribution >= 0.6 is 22.9 Å². The third-order valence-corrected chi connectivity index (χ3v) is 6.19. The van der Waals surface area contributed by atoms with Crippen molar-refractivity contribution in [3.63, 3.8) is 0 Å². The van der Waals surface area contributed by atoms with Crippen molar-refractivity contribution in [3.05, 3.63) is 81.3 Å². The van der Waals surface area contributed by atoms with E-state index in [2.05, 4.69) is 27.8 Å².